The van der Waals surface area contributed by atoms with E-state index in [2.05, 4.69) is 0 Å². The maximum Gasteiger partial charge on any atom is 0.243 e. The van der Waals surface area contributed by atoms with Crippen LogP contribution < -0.4 is 5.73 Å². The number of anilines is 1. The first-order valence-corrected chi connectivity index (χ1v) is 8.67. The molecule has 2 rings (SSSR count). The number of aryl methyl sites for hydroxylation is 1. The van der Waals surface area contributed by atoms with Crippen LogP contribution in [0.4, 0.5) is 5.69 Å². The third-order valence-corrected chi connectivity index (χ3v) is 6.51. The molecule has 1 aromatic carbocycles. The lowest BCUT2D eigenvalue weighted by Crippen LogP contribution is -2.37. The van der Waals surface area contributed by atoms with Gasteiger partial charge in [-0.3, -0.25) is 0 Å². The minimum absolute atomic E-state index is 0.388. The van der Waals surface area contributed by atoms with Gasteiger partial charge in [0, 0.05) is 18.8 Å². The summed E-state index contributed by atoms with van der Waals surface area (Å²) in [7, 11) is -3.45. The molecular weight excluding hydrogens is 272 g/mol. The molecule has 1 aromatic rings. The van der Waals surface area contributed by atoms with Crippen molar-refractivity contribution in [2.45, 2.75) is 44.9 Å². The van der Waals surface area contributed by atoms with Crippen molar-refractivity contribution in [3.63, 3.8) is 0 Å². The SMILES string of the molecule is CCN(CC1CCC1)S(=O)(=O)c1c(C)ccc(N)c1C. The fourth-order valence-corrected chi connectivity index (χ4v) is 4.71. The van der Waals surface area contributed by atoms with Gasteiger partial charge in [0.2, 0.25) is 10.0 Å². The minimum Gasteiger partial charge on any atom is -0.398 e. The van der Waals surface area contributed by atoms with Crippen LogP contribution in [-0.2, 0) is 10.0 Å². The number of hydrogen-bond acceptors (Lipinski definition) is 3. The second-order valence-electron chi connectivity index (χ2n) is 5.68. The van der Waals surface area contributed by atoms with Crippen molar-refractivity contribution in [2.24, 2.45) is 5.92 Å². The summed E-state index contributed by atoms with van der Waals surface area (Å²) in [6, 6.07) is 3.55. The summed E-state index contributed by atoms with van der Waals surface area (Å²) in [5.74, 6) is 0.520. The highest BCUT2D eigenvalue weighted by atomic mass is 32.2. The molecule has 0 spiro atoms. The van der Waals surface area contributed by atoms with Gasteiger partial charge in [-0.2, -0.15) is 4.31 Å². The third-order valence-electron chi connectivity index (χ3n) is 4.28. The number of rotatable bonds is 5. The van der Waals surface area contributed by atoms with Crippen molar-refractivity contribution in [1.29, 1.82) is 0 Å². The molecule has 0 unspecified atom stereocenters. The second kappa shape index (κ2) is 5.74. The van der Waals surface area contributed by atoms with E-state index in [-0.39, 0.29) is 0 Å². The number of nitrogens with two attached hydrogens (primary N) is 1. The van der Waals surface area contributed by atoms with Gasteiger partial charge in [0.15, 0.2) is 0 Å². The molecule has 0 amide bonds. The van der Waals surface area contributed by atoms with Gasteiger partial charge in [0.1, 0.15) is 0 Å². The molecule has 4 nitrogen and oxygen atoms in total. The van der Waals surface area contributed by atoms with Crippen molar-refractivity contribution in [3.8, 4) is 0 Å². The van der Waals surface area contributed by atoms with Gasteiger partial charge in [-0.25, -0.2) is 8.42 Å². The summed E-state index contributed by atoms with van der Waals surface area (Å²) in [5.41, 5.74) is 7.85. The van der Waals surface area contributed by atoms with Crippen molar-refractivity contribution in [1.82, 2.24) is 4.31 Å². The monoisotopic (exact) mass is 296 g/mol. The van der Waals surface area contributed by atoms with E-state index in [4.69, 9.17) is 5.73 Å². The molecule has 0 saturated heterocycles. The van der Waals surface area contributed by atoms with Crippen LogP contribution in [0.2, 0.25) is 0 Å². The van der Waals surface area contributed by atoms with Crippen LogP contribution in [-0.4, -0.2) is 25.8 Å². The third kappa shape index (κ3) is 2.69. The van der Waals surface area contributed by atoms with Gasteiger partial charge in [0.25, 0.3) is 0 Å². The maximum absolute atomic E-state index is 12.9. The van der Waals surface area contributed by atoms with Gasteiger partial charge in [-0.15, -0.1) is 0 Å². The predicted octanol–water partition coefficient (Wildman–Crippen LogP) is 2.70. The summed E-state index contributed by atoms with van der Waals surface area (Å²) in [6.07, 6.45) is 3.50. The van der Waals surface area contributed by atoms with Gasteiger partial charge in [-0.1, -0.05) is 19.4 Å². The molecule has 112 valence electrons. The van der Waals surface area contributed by atoms with E-state index in [0.29, 0.717) is 35.2 Å². The highest BCUT2D eigenvalue weighted by molar-refractivity contribution is 7.89. The highest BCUT2D eigenvalue weighted by Crippen LogP contribution is 2.31. The Hall–Kier alpha value is -1.07. The van der Waals surface area contributed by atoms with Gasteiger partial charge in [-0.05, 0) is 49.8 Å². The molecular formula is C15H24N2O2S. The summed E-state index contributed by atoms with van der Waals surface area (Å²) in [6.45, 7) is 6.65. The van der Waals surface area contributed by atoms with Crippen LogP contribution in [0.25, 0.3) is 0 Å². The number of sulfonamides is 1. The van der Waals surface area contributed by atoms with Crippen molar-refractivity contribution < 1.29 is 8.42 Å². The molecule has 0 heterocycles. The van der Waals surface area contributed by atoms with Crippen molar-refractivity contribution in [3.05, 3.63) is 23.3 Å². The Morgan fingerprint density at radius 2 is 1.95 bits per heavy atom. The zero-order chi connectivity index (χ0) is 14.9. The number of nitrogens with zero attached hydrogens (tertiary/aromatic N) is 1. The lowest BCUT2D eigenvalue weighted by Gasteiger charge is -2.31. The molecule has 0 radical (unpaired) electrons. The Labute approximate surface area is 122 Å². The Balaban J connectivity index is 2.39. The average Bonchev–Trinajstić information content (AvgIpc) is 2.32. The molecule has 0 aliphatic heterocycles. The molecule has 20 heavy (non-hydrogen) atoms. The van der Waals surface area contributed by atoms with Gasteiger partial charge < -0.3 is 5.73 Å². The largest absolute Gasteiger partial charge is 0.398 e. The normalized spacial score (nSPS) is 16.4. The number of benzene rings is 1. The lowest BCUT2D eigenvalue weighted by molar-refractivity contribution is 0.250. The molecule has 0 bridgehead atoms. The summed E-state index contributed by atoms with van der Waals surface area (Å²) in [5, 5.41) is 0. The molecule has 1 aliphatic rings. The van der Waals surface area contributed by atoms with Crippen LogP contribution in [0.3, 0.4) is 0 Å². The Kier molecular flexibility index (Phi) is 4.39. The first-order valence-electron chi connectivity index (χ1n) is 7.23. The average molecular weight is 296 g/mol. The van der Waals surface area contributed by atoms with E-state index < -0.39 is 10.0 Å². The second-order valence-corrected chi connectivity index (χ2v) is 7.55. The molecule has 0 atom stereocenters. The zero-order valence-corrected chi connectivity index (χ0v) is 13.3. The molecule has 0 aromatic heterocycles. The van der Waals surface area contributed by atoms with E-state index in [9.17, 15) is 8.42 Å². The smallest absolute Gasteiger partial charge is 0.243 e. The quantitative estimate of drug-likeness (QED) is 0.850. The predicted molar refractivity (Wildman–Crippen MR) is 82.1 cm³/mol. The number of nitrogen functional groups attached to an aromatic ring is 1. The fourth-order valence-electron chi connectivity index (χ4n) is 2.73. The lowest BCUT2D eigenvalue weighted by atomic mass is 9.85. The first-order chi connectivity index (χ1) is 9.37. The van der Waals surface area contributed by atoms with Crippen LogP contribution >= 0.6 is 0 Å². The van der Waals surface area contributed by atoms with E-state index in [1.165, 1.54) is 6.42 Å². The summed E-state index contributed by atoms with van der Waals surface area (Å²) < 4.78 is 27.4. The molecule has 2 N–H and O–H groups in total. The standard InChI is InChI=1S/C15H24N2O2S/c1-4-17(10-13-6-5-7-13)20(18,19)15-11(2)8-9-14(16)12(15)3/h8-9,13H,4-7,10,16H2,1-3H3. The topological polar surface area (TPSA) is 63.4 Å². The van der Waals surface area contributed by atoms with E-state index >= 15 is 0 Å². The summed E-state index contributed by atoms with van der Waals surface area (Å²) >= 11 is 0. The first kappa shape index (κ1) is 15.3. The number of hydrogen-bond donors (Lipinski definition) is 1. The van der Waals surface area contributed by atoms with Crippen LogP contribution in [0.5, 0.6) is 0 Å². The molecule has 1 fully saturated rings. The summed E-state index contributed by atoms with van der Waals surface area (Å²) in [4.78, 5) is 0.388. The zero-order valence-electron chi connectivity index (χ0n) is 12.5. The fraction of sp³-hybridized carbons (Fsp3) is 0.600. The molecule has 1 saturated carbocycles. The maximum atomic E-state index is 12.9. The Morgan fingerprint density at radius 3 is 2.45 bits per heavy atom. The van der Waals surface area contributed by atoms with Crippen molar-refractivity contribution >= 4 is 15.7 Å². The Morgan fingerprint density at radius 1 is 1.30 bits per heavy atom. The van der Waals surface area contributed by atoms with E-state index in [1.807, 2.05) is 13.8 Å². The van der Waals surface area contributed by atoms with Crippen LogP contribution in [0.1, 0.15) is 37.3 Å². The van der Waals surface area contributed by atoms with E-state index in [0.717, 1.165) is 18.4 Å². The minimum atomic E-state index is -3.45. The van der Waals surface area contributed by atoms with Crippen molar-refractivity contribution in [2.75, 3.05) is 18.8 Å². The Bertz CT molecular complexity index is 592. The molecule has 1 aliphatic carbocycles. The van der Waals surface area contributed by atoms with Crippen LogP contribution in [0.15, 0.2) is 17.0 Å². The molecule has 5 heteroatoms. The van der Waals surface area contributed by atoms with E-state index in [1.54, 1.807) is 23.4 Å². The van der Waals surface area contributed by atoms with Crippen LogP contribution in [0, 0.1) is 19.8 Å². The van der Waals surface area contributed by atoms with Gasteiger partial charge in [0.05, 0.1) is 4.90 Å². The highest BCUT2D eigenvalue weighted by Gasteiger charge is 2.30. The van der Waals surface area contributed by atoms with Gasteiger partial charge >= 0.3 is 0 Å².